The van der Waals surface area contributed by atoms with Gasteiger partial charge in [-0.15, -0.1) is 0 Å². The van der Waals surface area contributed by atoms with Crippen LogP contribution in [0, 0.1) is 30.6 Å². The van der Waals surface area contributed by atoms with E-state index >= 15 is 0 Å². The van der Waals surface area contributed by atoms with Crippen molar-refractivity contribution in [1.82, 2.24) is 0 Å². The summed E-state index contributed by atoms with van der Waals surface area (Å²) in [5.41, 5.74) is 3.79. The second-order valence-corrected chi connectivity index (χ2v) is 7.48. The van der Waals surface area contributed by atoms with E-state index in [1.54, 1.807) is 12.1 Å². The molecule has 0 spiro atoms. The van der Waals surface area contributed by atoms with Gasteiger partial charge in [-0.1, -0.05) is 28.8 Å². The summed E-state index contributed by atoms with van der Waals surface area (Å²) in [6.07, 6.45) is 1.69. The number of aryl methyl sites for hydroxylation is 1. The molecule has 1 aromatic carbocycles. The summed E-state index contributed by atoms with van der Waals surface area (Å²) in [6.45, 7) is 5.87. The van der Waals surface area contributed by atoms with E-state index in [1.807, 2.05) is 26.8 Å². The fourth-order valence-corrected chi connectivity index (χ4v) is 4.67. The van der Waals surface area contributed by atoms with Gasteiger partial charge in [-0.3, -0.25) is 4.79 Å². The maximum atomic E-state index is 12.8. The second kappa shape index (κ2) is 6.25. The highest BCUT2D eigenvalue weighted by molar-refractivity contribution is 6.31. The summed E-state index contributed by atoms with van der Waals surface area (Å²) in [5.74, 6) is -2.75. The summed E-state index contributed by atoms with van der Waals surface area (Å²) in [4.78, 5) is 24.5. The van der Waals surface area contributed by atoms with E-state index in [1.165, 1.54) is 0 Å². The van der Waals surface area contributed by atoms with Crippen molar-refractivity contribution in [2.75, 3.05) is 5.32 Å². The topological polar surface area (TPSA) is 69.2 Å². The van der Waals surface area contributed by atoms with Crippen molar-refractivity contribution in [3.63, 3.8) is 0 Å². The number of carboxylic acids is 1. The SMILES string of the molecule is CC(C)=C1[C@H]2CC[C@@H]1[C@@H](C(=O)Nc1ccc(C)c(Cl)c1)[C@H]2C(=O)[O-]. The molecular formula is C19H21ClNO3-. The third kappa shape index (κ3) is 2.73. The number of hydrogen-bond donors (Lipinski definition) is 1. The van der Waals surface area contributed by atoms with Crippen LogP contribution in [0.2, 0.25) is 5.02 Å². The number of allylic oxidation sites excluding steroid dienone is 2. The van der Waals surface area contributed by atoms with Gasteiger partial charge in [0.1, 0.15) is 0 Å². The number of nitrogens with one attached hydrogen (secondary N) is 1. The lowest BCUT2D eigenvalue weighted by atomic mass is 9.78. The van der Waals surface area contributed by atoms with Crippen LogP contribution in [0.5, 0.6) is 0 Å². The van der Waals surface area contributed by atoms with Crippen molar-refractivity contribution in [3.8, 4) is 0 Å². The first kappa shape index (κ1) is 17.0. The molecule has 2 saturated carbocycles. The molecule has 128 valence electrons. The number of carbonyl (C=O) groups is 2. The van der Waals surface area contributed by atoms with E-state index < -0.39 is 17.8 Å². The number of carboxylic acid groups (broad SMARTS) is 1. The molecule has 3 rings (SSSR count). The Labute approximate surface area is 146 Å². The quantitative estimate of drug-likeness (QED) is 0.855. The number of halogens is 1. The molecule has 24 heavy (non-hydrogen) atoms. The zero-order valence-corrected chi connectivity index (χ0v) is 14.8. The van der Waals surface area contributed by atoms with Gasteiger partial charge >= 0.3 is 0 Å². The minimum atomic E-state index is -1.12. The van der Waals surface area contributed by atoms with Crippen molar-refractivity contribution in [3.05, 3.63) is 39.9 Å². The summed E-state index contributed by atoms with van der Waals surface area (Å²) >= 11 is 6.10. The molecule has 1 amide bonds. The van der Waals surface area contributed by atoms with Crippen LogP contribution in [0.3, 0.4) is 0 Å². The Morgan fingerprint density at radius 2 is 1.79 bits per heavy atom. The van der Waals surface area contributed by atoms with Crippen molar-refractivity contribution >= 4 is 29.2 Å². The Morgan fingerprint density at radius 1 is 1.17 bits per heavy atom. The molecule has 2 fully saturated rings. The number of hydrogen-bond acceptors (Lipinski definition) is 3. The van der Waals surface area contributed by atoms with Gasteiger partial charge in [-0.05, 0) is 63.1 Å². The van der Waals surface area contributed by atoms with Gasteiger partial charge < -0.3 is 15.2 Å². The molecule has 2 aliphatic carbocycles. The van der Waals surface area contributed by atoms with Crippen LogP contribution in [-0.2, 0) is 9.59 Å². The molecule has 2 aliphatic rings. The number of carbonyl (C=O) groups excluding carboxylic acids is 2. The molecule has 0 saturated heterocycles. The zero-order valence-electron chi connectivity index (χ0n) is 14.1. The lowest BCUT2D eigenvalue weighted by Gasteiger charge is -2.30. The van der Waals surface area contributed by atoms with Gasteiger partial charge in [0.25, 0.3) is 0 Å². The maximum absolute atomic E-state index is 12.8. The Bertz CT molecular complexity index is 736. The molecular weight excluding hydrogens is 326 g/mol. The van der Waals surface area contributed by atoms with Crippen LogP contribution < -0.4 is 10.4 Å². The van der Waals surface area contributed by atoms with Crippen LogP contribution in [0.15, 0.2) is 29.3 Å². The largest absolute Gasteiger partial charge is 0.550 e. The third-order valence-corrected chi connectivity index (χ3v) is 5.84. The number of anilines is 1. The Hall–Kier alpha value is -1.81. The Balaban J connectivity index is 1.89. The van der Waals surface area contributed by atoms with E-state index in [2.05, 4.69) is 5.32 Å². The van der Waals surface area contributed by atoms with E-state index in [4.69, 9.17) is 11.6 Å². The first-order valence-corrected chi connectivity index (χ1v) is 8.64. The predicted octanol–water partition coefficient (Wildman–Crippen LogP) is 2.95. The van der Waals surface area contributed by atoms with E-state index in [0.717, 1.165) is 29.6 Å². The second-order valence-electron chi connectivity index (χ2n) is 7.07. The molecule has 0 radical (unpaired) electrons. The molecule has 4 nitrogen and oxygen atoms in total. The molecule has 0 aromatic heterocycles. The molecule has 2 bridgehead atoms. The van der Waals surface area contributed by atoms with Gasteiger partial charge in [0.15, 0.2) is 0 Å². The number of benzene rings is 1. The third-order valence-electron chi connectivity index (χ3n) is 5.43. The predicted molar refractivity (Wildman–Crippen MR) is 91.4 cm³/mol. The highest BCUT2D eigenvalue weighted by Gasteiger charge is 2.54. The van der Waals surface area contributed by atoms with Crippen LogP contribution in [0.1, 0.15) is 32.3 Å². The minimum absolute atomic E-state index is 0.00354. The van der Waals surface area contributed by atoms with Gasteiger partial charge in [-0.2, -0.15) is 0 Å². The molecule has 0 aliphatic heterocycles. The molecule has 0 heterocycles. The van der Waals surface area contributed by atoms with Gasteiger partial charge in [0.05, 0.1) is 5.92 Å². The minimum Gasteiger partial charge on any atom is -0.550 e. The number of amides is 1. The first-order chi connectivity index (χ1) is 11.3. The maximum Gasteiger partial charge on any atom is 0.228 e. The van der Waals surface area contributed by atoms with Crippen molar-refractivity contribution in [1.29, 1.82) is 0 Å². The average molecular weight is 347 g/mol. The first-order valence-electron chi connectivity index (χ1n) is 8.26. The van der Waals surface area contributed by atoms with Crippen LogP contribution in [0.4, 0.5) is 5.69 Å². The molecule has 1 aromatic rings. The Kier molecular flexibility index (Phi) is 4.43. The highest BCUT2D eigenvalue weighted by atomic mass is 35.5. The van der Waals surface area contributed by atoms with Crippen molar-refractivity contribution in [2.45, 2.75) is 33.6 Å². The van der Waals surface area contributed by atoms with Crippen molar-refractivity contribution in [2.24, 2.45) is 23.7 Å². The summed E-state index contributed by atoms with van der Waals surface area (Å²) in [7, 11) is 0. The van der Waals surface area contributed by atoms with Crippen LogP contribution in [-0.4, -0.2) is 11.9 Å². The lowest BCUT2D eigenvalue weighted by molar-refractivity contribution is -0.314. The molecule has 4 atom stereocenters. The van der Waals surface area contributed by atoms with Gasteiger partial charge in [0.2, 0.25) is 5.91 Å². The molecule has 5 heteroatoms. The monoisotopic (exact) mass is 346 g/mol. The molecule has 0 unspecified atom stereocenters. The number of fused-ring (bicyclic) bond motifs is 2. The summed E-state index contributed by atoms with van der Waals surface area (Å²) in [5, 5.41) is 15.1. The van der Waals surface area contributed by atoms with E-state index in [-0.39, 0.29) is 17.7 Å². The summed E-state index contributed by atoms with van der Waals surface area (Å²) in [6, 6.07) is 5.30. The van der Waals surface area contributed by atoms with E-state index in [0.29, 0.717) is 10.7 Å². The van der Waals surface area contributed by atoms with Crippen LogP contribution >= 0.6 is 11.6 Å². The standard InChI is InChI=1S/C19H22ClNO3/c1-9(2)15-12-6-7-13(15)17(19(23)24)16(12)18(22)21-11-5-4-10(3)14(20)8-11/h4-5,8,12-13,16-17H,6-7H2,1-3H3,(H,21,22)(H,23,24)/p-1/t12-,13+,16+,17-/m0/s1. The molecule has 1 N–H and O–H groups in total. The normalized spacial score (nSPS) is 28.1. The fourth-order valence-electron chi connectivity index (χ4n) is 4.49. The fraction of sp³-hybridized carbons (Fsp3) is 0.474. The lowest BCUT2D eigenvalue weighted by Crippen LogP contribution is -2.43. The Morgan fingerprint density at radius 3 is 2.33 bits per heavy atom. The summed E-state index contributed by atoms with van der Waals surface area (Å²) < 4.78 is 0. The zero-order chi connectivity index (χ0) is 17.6. The van der Waals surface area contributed by atoms with Gasteiger partial charge in [-0.25, -0.2) is 0 Å². The highest BCUT2D eigenvalue weighted by Crippen LogP contribution is 2.57. The van der Waals surface area contributed by atoms with Crippen molar-refractivity contribution < 1.29 is 14.7 Å². The van der Waals surface area contributed by atoms with Gasteiger partial charge in [0, 0.05) is 22.6 Å². The smallest absolute Gasteiger partial charge is 0.228 e. The number of rotatable bonds is 3. The number of aliphatic carboxylic acids is 1. The van der Waals surface area contributed by atoms with Crippen LogP contribution in [0.25, 0.3) is 0 Å². The van der Waals surface area contributed by atoms with E-state index in [9.17, 15) is 14.7 Å². The average Bonchev–Trinajstić information content (AvgIpc) is 3.06.